The van der Waals surface area contributed by atoms with Crippen molar-refractivity contribution in [1.82, 2.24) is 24.9 Å². The van der Waals surface area contributed by atoms with Crippen molar-refractivity contribution in [3.63, 3.8) is 0 Å². The average molecular weight is 438 g/mol. The van der Waals surface area contributed by atoms with Gasteiger partial charge >= 0.3 is 5.92 Å². The van der Waals surface area contributed by atoms with Crippen molar-refractivity contribution in [3.05, 3.63) is 77.8 Å². The Kier molecular flexibility index (Phi) is 5.76. The van der Waals surface area contributed by atoms with Crippen molar-refractivity contribution in [2.75, 3.05) is 5.32 Å². The topological polar surface area (TPSA) is 98.7 Å². The van der Waals surface area contributed by atoms with Crippen LogP contribution in [0.15, 0.2) is 59.6 Å². The maximum atomic E-state index is 13.2. The summed E-state index contributed by atoms with van der Waals surface area (Å²) in [6.45, 7) is 0.694. The molecule has 3 aromatic heterocycles. The molecule has 1 aromatic carbocycles. The van der Waals surface area contributed by atoms with Crippen LogP contribution < -0.4 is 5.32 Å². The number of hydrogen-bond acceptors (Lipinski definition) is 6. The minimum Gasteiger partial charge on any atom is -0.353 e. The van der Waals surface area contributed by atoms with Gasteiger partial charge in [-0.05, 0) is 16.7 Å². The van der Waals surface area contributed by atoms with Crippen LogP contribution in [0.5, 0.6) is 0 Å². The smallest absolute Gasteiger partial charge is 0.304 e. The number of alkyl halides is 2. The van der Waals surface area contributed by atoms with Crippen LogP contribution in [0.3, 0.4) is 0 Å². The van der Waals surface area contributed by atoms with Gasteiger partial charge in [-0.1, -0.05) is 29.4 Å². The standard InChI is InChI=1S/C22H20F2N6O2/c1-22(23,24)18-9-20(29-32-18)28-21(31)8-14-3-5-16(6-4-14)17-11-25-19(26-12-17)7-15-10-27-30(2)13-15/h3-6,9-13H,7-8H2,1-2H3,(H,28,29,31). The molecule has 10 heteroatoms. The predicted molar refractivity (Wildman–Crippen MR) is 112 cm³/mol. The molecule has 0 fully saturated rings. The molecule has 0 unspecified atom stereocenters. The minimum absolute atomic E-state index is 0.0494. The fraction of sp³-hybridized carbons (Fsp3) is 0.227. The molecule has 0 aliphatic heterocycles. The molecule has 1 amide bonds. The van der Waals surface area contributed by atoms with E-state index in [4.69, 9.17) is 0 Å². The molecule has 0 saturated heterocycles. The van der Waals surface area contributed by atoms with Crippen LogP contribution in [0.4, 0.5) is 14.6 Å². The van der Waals surface area contributed by atoms with Crippen LogP contribution in [0.1, 0.15) is 29.6 Å². The summed E-state index contributed by atoms with van der Waals surface area (Å²) in [6, 6.07) is 8.38. The van der Waals surface area contributed by atoms with Crippen LogP contribution >= 0.6 is 0 Å². The Morgan fingerprint density at radius 3 is 2.41 bits per heavy atom. The van der Waals surface area contributed by atoms with Crippen molar-refractivity contribution in [2.24, 2.45) is 7.05 Å². The number of carbonyl (C=O) groups is 1. The molecule has 0 bridgehead atoms. The van der Waals surface area contributed by atoms with E-state index in [1.807, 2.05) is 37.5 Å². The second-order valence-electron chi connectivity index (χ2n) is 7.47. The molecule has 3 heterocycles. The SMILES string of the molecule is Cn1cc(Cc2ncc(-c3ccc(CC(=O)Nc4cc(C(C)(F)F)on4)cc3)cn2)cn1. The maximum Gasteiger partial charge on any atom is 0.304 e. The number of halogens is 2. The number of benzene rings is 1. The summed E-state index contributed by atoms with van der Waals surface area (Å²) in [5.41, 5.74) is 3.55. The van der Waals surface area contributed by atoms with Gasteiger partial charge in [-0.15, -0.1) is 0 Å². The summed E-state index contributed by atoms with van der Waals surface area (Å²) >= 11 is 0. The van der Waals surface area contributed by atoms with Gasteiger partial charge in [0, 0.05) is 50.6 Å². The van der Waals surface area contributed by atoms with E-state index in [9.17, 15) is 13.6 Å². The molecule has 0 saturated carbocycles. The summed E-state index contributed by atoms with van der Waals surface area (Å²) in [5.74, 6) is -3.50. The van der Waals surface area contributed by atoms with E-state index < -0.39 is 11.7 Å². The highest BCUT2D eigenvalue weighted by molar-refractivity contribution is 5.91. The largest absolute Gasteiger partial charge is 0.353 e. The lowest BCUT2D eigenvalue weighted by Gasteiger charge is -2.05. The van der Waals surface area contributed by atoms with E-state index in [0.717, 1.165) is 28.3 Å². The average Bonchev–Trinajstić information content (AvgIpc) is 3.38. The van der Waals surface area contributed by atoms with Gasteiger partial charge in [-0.25, -0.2) is 9.97 Å². The summed E-state index contributed by atoms with van der Waals surface area (Å²) in [5, 5.41) is 10.0. The Hall–Kier alpha value is -3.95. The van der Waals surface area contributed by atoms with Crippen molar-refractivity contribution in [3.8, 4) is 11.1 Å². The minimum atomic E-state index is -3.16. The van der Waals surface area contributed by atoms with Crippen molar-refractivity contribution < 1.29 is 18.1 Å². The number of nitrogens with zero attached hydrogens (tertiary/aromatic N) is 5. The molecular formula is C22H20F2N6O2. The van der Waals surface area contributed by atoms with Crippen LogP contribution in [-0.4, -0.2) is 30.8 Å². The number of carbonyl (C=O) groups excluding carboxylic acids is 1. The van der Waals surface area contributed by atoms with Crippen LogP contribution in [0, 0.1) is 0 Å². The van der Waals surface area contributed by atoms with Crippen LogP contribution in [0.25, 0.3) is 11.1 Å². The predicted octanol–water partition coefficient (Wildman–Crippen LogP) is 3.75. The van der Waals surface area contributed by atoms with Crippen LogP contribution in [-0.2, 0) is 30.6 Å². The number of aromatic nitrogens is 5. The summed E-state index contributed by atoms with van der Waals surface area (Å²) < 4.78 is 32.7. The molecule has 0 atom stereocenters. The third-order valence-corrected chi connectivity index (χ3v) is 4.69. The van der Waals surface area contributed by atoms with E-state index in [-0.39, 0.29) is 18.1 Å². The Morgan fingerprint density at radius 1 is 1.09 bits per heavy atom. The molecular weight excluding hydrogens is 418 g/mol. The summed E-state index contributed by atoms with van der Waals surface area (Å²) in [7, 11) is 1.86. The van der Waals surface area contributed by atoms with Gasteiger partial charge in [-0.2, -0.15) is 13.9 Å². The number of hydrogen-bond donors (Lipinski definition) is 1. The lowest BCUT2D eigenvalue weighted by Crippen LogP contribution is -2.14. The van der Waals surface area contributed by atoms with Gasteiger partial charge in [0.15, 0.2) is 5.82 Å². The molecule has 164 valence electrons. The number of aryl methyl sites for hydroxylation is 1. The fourth-order valence-corrected chi connectivity index (χ4v) is 3.07. The zero-order chi connectivity index (χ0) is 22.7. The number of anilines is 1. The molecule has 0 aliphatic rings. The monoisotopic (exact) mass is 438 g/mol. The molecule has 4 aromatic rings. The van der Waals surface area contributed by atoms with E-state index in [1.54, 1.807) is 23.3 Å². The maximum absolute atomic E-state index is 13.2. The summed E-state index contributed by atoms with van der Waals surface area (Å²) in [4.78, 5) is 21.0. The molecule has 0 spiro atoms. The highest BCUT2D eigenvalue weighted by atomic mass is 19.3. The molecule has 4 rings (SSSR count). The zero-order valence-electron chi connectivity index (χ0n) is 17.4. The first-order chi connectivity index (χ1) is 15.3. The normalized spacial score (nSPS) is 11.5. The first-order valence-corrected chi connectivity index (χ1v) is 9.79. The molecule has 0 radical (unpaired) electrons. The number of nitrogens with one attached hydrogen (secondary N) is 1. The van der Waals surface area contributed by atoms with Crippen molar-refractivity contribution in [1.29, 1.82) is 0 Å². The van der Waals surface area contributed by atoms with Crippen molar-refractivity contribution >= 4 is 11.7 Å². The summed E-state index contributed by atoms with van der Waals surface area (Å²) in [6.07, 6.45) is 7.88. The van der Waals surface area contributed by atoms with E-state index in [2.05, 4.69) is 30.1 Å². The van der Waals surface area contributed by atoms with E-state index in [0.29, 0.717) is 19.2 Å². The van der Waals surface area contributed by atoms with Gasteiger partial charge < -0.3 is 9.84 Å². The van der Waals surface area contributed by atoms with E-state index in [1.165, 1.54) is 0 Å². The quantitative estimate of drug-likeness (QED) is 0.472. The fourth-order valence-electron chi connectivity index (χ4n) is 3.07. The number of rotatable bonds is 7. The highest BCUT2D eigenvalue weighted by Gasteiger charge is 2.30. The van der Waals surface area contributed by atoms with Crippen molar-refractivity contribution in [2.45, 2.75) is 25.7 Å². The molecule has 8 nitrogen and oxygen atoms in total. The highest BCUT2D eigenvalue weighted by Crippen LogP contribution is 2.28. The van der Waals surface area contributed by atoms with Gasteiger partial charge in [0.2, 0.25) is 11.7 Å². The lowest BCUT2D eigenvalue weighted by molar-refractivity contribution is -0.115. The second-order valence-corrected chi connectivity index (χ2v) is 7.47. The lowest BCUT2D eigenvalue weighted by atomic mass is 10.0. The first-order valence-electron chi connectivity index (χ1n) is 9.79. The van der Waals surface area contributed by atoms with Crippen LogP contribution in [0.2, 0.25) is 0 Å². The Morgan fingerprint density at radius 2 is 1.81 bits per heavy atom. The Balaban J connectivity index is 1.35. The van der Waals surface area contributed by atoms with E-state index >= 15 is 0 Å². The van der Waals surface area contributed by atoms with Gasteiger partial charge in [0.05, 0.1) is 12.6 Å². The Bertz CT molecular complexity index is 1210. The molecule has 32 heavy (non-hydrogen) atoms. The zero-order valence-corrected chi connectivity index (χ0v) is 17.4. The van der Waals surface area contributed by atoms with Gasteiger partial charge in [0.1, 0.15) is 5.82 Å². The first kappa shape index (κ1) is 21.3. The molecule has 1 N–H and O–H groups in total. The third-order valence-electron chi connectivity index (χ3n) is 4.69. The third kappa shape index (κ3) is 5.20. The second kappa shape index (κ2) is 8.66. The number of amides is 1. The molecule has 0 aliphatic carbocycles. The Labute approximate surface area is 182 Å². The van der Waals surface area contributed by atoms with Gasteiger partial charge in [-0.3, -0.25) is 9.48 Å². The van der Waals surface area contributed by atoms with Gasteiger partial charge in [0.25, 0.3) is 0 Å².